The molecule has 1 aromatic heterocycles. The predicted molar refractivity (Wildman–Crippen MR) is 126 cm³/mol. The van der Waals surface area contributed by atoms with Crippen molar-refractivity contribution in [3.05, 3.63) is 81.0 Å². The molecule has 1 amide bonds. The molecule has 0 bridgehead atoms. The quantitative estimate of drug-likeness (QED) is 0.288. The molecule has 1 aliphatic heterocycles. The highest BCUT2D eigenvalue weighted by Gasteiger charge is 2.22. The molecule has 1 saturated heterocycles. The van der Waals surface area contributed by atoms with Gasteiger partial charge in [-0.1, -0.05) is 28.1 Å². The van der Waals surface area contributed by atoms with Crippen LogP contribution in [0.4, 0.5) is 17.1 Å². The Balaban J connectivity index is 1.43. The Kier molecular flexibility index (Phi) is 6.67. The molecule has 1 fully saturated rings. The number of rotatable bonds is 6. The van der Waals surface area contributed by atoms with E-state index in [1.807, 2.05) is 35.2 Å². The minimum Gasteiger partial charge on any atom is -0.457 e. The van der Waals surface area contributed by atoms with Gasteiger partial charge in [-0.05, 0) is 42.5 Å². The number of benzene rings is 2. The van der Waals surface area contributed by atoms with Crippen molar-refractivity contribution in [2.24, 2.45) is 0 Å². The van der Waals surface area contributed by atoms with Crippen LogP contribution in [0.15, 0.2) is 69.6 Å². The number of hydrogen-bond donors (Lipinski definition) is 1. The molecule has 1 N–H and O–H groups in total. The number of carbonyl (C=O) groups excluding carboxylic acids is 1. The van der Waals surface area contributed by atoms with E-state index in [0.29, 0.717) is 49.2 Å². The number of ether oxygens (including phenoxy) is 1. The van der Waals surface area contributed by atoms with Gasteiger partial charge in [0.15, 0.2) is 0 Å². The minimum atomic E-state index is -0.442. The Morgan fingerprint density at radius 3 is 2.56 bits per heavy atom. The third kappa shape index (κ3) is 5.24. The van der Waals surface area contributed by atoms with E-state index in [2.05, 4.69) is 21.2 Å². The average Bonchev–Trinajstić information content (AvgIpc) is 3.28. The van der Waals surface area contributed by atoms with Crippen LogP contribution in [0.5, 0.6) is 0 Å². The number of nitro groups is 1. The fourth-order valence-electron chi connectivity index (χ4n) is 3.37. The number of halogens is 1. The Morgan fingerprint density at radius 1 is 1.09 bits per heavy atom. The van der Waals surface area contributed by atoms with E-state index in [1.54, 1.807) is 24.3 Å². The van der Waals surface area contributed by atoms with Crippen molar-refractivity contribution in [3.8, 4) is 11.3 Å². The van der Waals surface area contributed by atoms with Gasteiger partial charge in [0.25, 0.3) is 5.69 Å². The third-order valence-corrected chi connectivity index (χ3v) is 5.47. The number of nitro benzene ring substituents is 1. The molecule has 0 saturated carbocycles. The molecule has 0 unspecified atom stereocenters. The number of nitrogens with one attached hydrogen (secondary N) is 1. The van der Waals surface area contributed by atoms with Crippen molar-refractivity contribution in [2.45, 2.75) is 0 Å². The summed E-state index contributed by atoms with van der Waals surface area (Å²) < 4.78 is 12.0. The average molecular weight is 498 g/mol. The van der Waals surface area contributed by atoms with Gasteiger partial charge in [-0.3, -0.25) is 14.9 Å². The highest BCUT2D eigenvalue weighted by Crippen LogP contribution is 2.31. The molecule has 0 spiro atoms. The molecule has 0 aliphatic carbocycles. The van der Waals surface area contributed by atoms with Gasteiger partial charge in [-0.25, -0.2) is 0 Å². The van der Waals surface area contributed by atoms with Crippen molar-refractivity contribution in [1.29, 1.82) is 0 Å². The van der Waals surface area contributed by atoms with Crippen LogP contribution in [0.3, 0.4) is 0 Å². The van der Waals surface area contributed by atoms with Crippen LogP contribution in [0.1, 0.15) is 5.76 Å². The van der Waals surface area contributed by atoms with Crippen LogP contribution >= 0.6 is 15.9 Å². The smallest absolute Gasteiger partial charge is 0.294 e. The summed E-state index contributed by atoms with van der Waals surface area (Å²) in [6.07, 6.45) is 2.88. The van der Waals surface area contributed by atoms with Crippen molar-refractivity contribution in [2.75, 3.05) is 36.5 Å². The van der Waals surface area contributed by atoms with Gasteiger partial charge in [0.1, 0.15) is 17.2 Å². The number of morpholine rings is 1. The summed E-state index contributed by atoms with van der Waals surface area (Å²) in [7, 11) is 0. The lowest BCUT2D eigenvalue weighted by molar-refractivity contribution is -0.384. The molecule has 2 heterocycles. The molecule has 164 valence electrons. The Bertz CT molecular complexity index is 1150. The molecule has 2 aromatic carbocycles. The van der Waals surface area contributed by atoms with Crippen molar-refractivity contribution in [1.82, 2.24) is 0 Å². The molecule has 9 heteroatoms. The summed E-state index contributed by atoms with van der Waals surface area (Å²) in [5.74, 6) is 0.790. The van der Waals surface area contributed by atoms with E-state index in [1.165, 1.54) is 12.1 Å². The summed E-state index contributed by atoms with van der Waals surface area (Å²) >= 11 is 3.40. The standard InChI is InChI=1S/C23H20BrN3O5/c24-17-3-1-16(2-4-17)22-9-6-19(32-22)7-10-23(28)25-18-5-8-20(21(15-18)27(29)30)26-11-13-31-14-12-26/h1-10,15H,11-14H2,(H,25,28)/b10-7+. The van der Waals surface area contributed by atoms with Gasteiger partial charge in [-0.2, -0.15) is 0 Å². The molecule has 3 aromatic rings. The number of amides is 1. The molecule has 4 rings (SSSR count). The molecule has 32 heavy (non-hydrogen) atoms. The van der Waals surface area contributed by atoms with Crippen LogP contribution in [0, 0.1) is 10.1 Å². The van der Waals surface area contributed by atoms with Crippen molar-refractivity contribution < 1.29 is 18.9 Å². The first kappa shape index (κ1) is 21.8. The predicted octanol–water partition coefficient (Wildman–Crippen LogP) is 5.11. The molecule has 0 radical (unpaired) electrons. The zero-order valence-corrected chi connectivity index (χ0v) is 18.6. The summed E-state index contributed by atoms with van der Waals surface area (Å²) in [5.41, 5.74) is 1.73. The maximum Gasteiger partial charge on any atom is 0.294 e. The zero-order chi connectivity index (χ0) is 22.5. The molecule has 8 nitrogen and oxygen atoms in total. The number of furan rings is 1. The number of hydrogen-bond acceptors (Lipinski definition) is 6. The lowest BCUT2D eigenvalue weighted by atomic mass is 10.2. The van der Waals surface area contributed by atoms with Gasteiger partial charge < -0.3 is 19.4 Å². The second kappa shape index (κ2) is 9.80. The maximum atomic E-state index is 12.3. The van der Waals surface area contributed by atoms with Crippen LogP contribution in [0.2, 0.25) is 0 Å². The molecular weight excluding hydrogens is 478 g/mol. The van der Waals surface area contributed by atoms with E-state index >= 15 is 0 Å². The first-order valence-electron chi connectivity index (χ1n) is 9.95. The first-order chi connectivity index (χ1) is 15.5. The van der Waals surface area contributed by atoms with Crippen LogP contribution in [-0.4, -0.2) is 37.1 Å². The Labute approximate surface area is 192 Å². The summed E-state index contributed by atoms with van der Waals surface area (Å²) in [4.78, 5) is 25.4. The largest absolute Gasteiger partial charge is 0.457 e. The van der Waals surface area contributed by atoms with E-state index in [9.17, 15) is 14.9 Å². The SMILES string of the molecule is O=C(/C=C/c1ccc(-c2ccc(Br)cc2)o1)Nc1ccc(N2CCOCC2)c([N+](=O)[O-])c1. The van der Waals surface area contributed by atoms with Gasteiger partial charge in [0.05, 0.1) is 18.1 Å². The summed E-state index contributed by atoms with van der Waals surface area (Å²) in [5, 5.41) is 14.2. The van der Waals surface area contributed by atoms with Gasteiger partial charge in [0, 0.05) is 41.0 Å². The normalized spacial score (nSPS) is 14.0. The van der Waals surface area contributed by atoms with Crippen LogP contribution < -0.4 is 10.2 Å². The minimum absolute atomic E-state index is 0.0566. The second-order valence-electron chi connectivity index (χ2n) is 7.09. The van der Waals surface area contributed by atoms with E-state index in [4.69, 9.17) is 9.15 Å². The van der Waals surface area contributed by atoms with Crippen LogP contribution in [0.25, 0.3) is 17.4 Å². The monoisotopic (exact) mass is 497 g/mol. The number of nitrogens with zero attached hydrogens (tertiary/aromatic N) is 2. The van der Waals surface area contributed by atoms with E-state index in [0.717, 1.165) is 10.0 Å². The second-order valence-corrected chi connectivity index (χ2v) is 8.01. The lowest BCUT2D eigenvalue weighted by Crippen LogP contribution is -2.36. The van der Waals surface area contributed by atoms with Crippen molar-refractivity contribution in [3.63, 3.8) is 0 Å². The van der Waals surface area contributed by atoms with Gasteiger partial charge in [0.2, 0.25) is 5.91 Å². The van der Waals surface area contributed by atoms with Crippen LogP contribution in [-0.2, 0) is 9.53 Å². The topological polar surface area (TPSA) is 97.9 Å². The maximum absolute atomic E-state index is 12.3. The lowest BCUT2D eigenvalue weighted by Gasteiger charge is -2.28. The van der Waals surface area contributed by atoms with E-state index in [-0.39, 0.29) is 5.69 Å². The number of carbonyl (C=O) groups is 1. The number of anilines is 2. The van der Waals surface area contributed by atoms with Crippen molar-refractivity contribution >= 4 is 45.0 Å². The molecular formula is C23H20BrN3O5. The Hall–Kier alpha value is -3.43. The highest BCUT2D eigenvalue weighted by atomic mass is 79.9. The fourth-order valence-corrected chi connectivity index (χ4v) is 3.64. The Morgan fingerprint density at radius 2 is 1.84 bits per heavy atom. The zero-order valence-electron chi connectivity index (χ0n) is 17.0. The van der Waals surface area contributed by atoms with E-state index < -0.39 is 10.8 Å². The summed E-state index contributed by atoms with van der Waals surface area (Å²) in [6.45, 7) is 2.22. The van der Waals surface area contributed by atoms with Gasteiger partial charge >= 0.3 is 0 Å². The first-order valence-corrected chi connectivity index (χ1v) is 10.7. The third-order valence-electron chi connectivity index (χ3n) is 4.95. The molecule has 0 atom stereocenters. The van der Waals surface area contributed by atoms with Gasteiger partial charge in [-0.15, -0.1) is 0 Å². The summed E-state index contributed by atoms with van der Waals surface area (Å²) in [6, 6.07) is 16.0. The fraction of sp³-hybridized carbons (Fsp3) is 0.174. The molecule has 1 aliphatic rings. The highest BCUT2D eigenvalue weighted by molar-refractivity contribution is 9.10.